The highest BCUT2D eigenvalue weighted by Gasteiger charge is 2.50. The van der Waals surface area contributed by atoms with Gasteiger partial charge in [0.05, 0.1) is 18.8 Å². The van der Waals surface area contributed by atoms with Gasteiger partial charge in [-0.3, -0.25) is 9.63 Å². The van der Waals surface area contributed by atoms with Crippen molar-refractivity contribution in [2.45, 2.75) is 44.6 Å². The number of hydrogen-bond donors (Lipinski definition) is 4. The number of aliphatic hydroxyl groups is 2. The second-order valence-electron chi connectivity index (χ2n) is 8.45. The van der Waals surface area contributed by atoms with Crippen LogP contribution in [-0.2, 0) is 16.1 Å². The van der Waals surface area contributed by atoms with E-state index < -0.39 is 24.2 Å². The Morgan fingerprint density at radius 1 is 1.16 bits per heavy atom. The number of carbonyl (C=O) groups is 1. The molecule has 0 saturated carbocycles. The van der Waals surface area contributed by atoms with Gasteiger partial charge in [-0.1, -0.05) is 48.5 Å². The number of nitrogens with zero attached hydrogens (tertiary/aromatic N) is 1. The molecule has 5 atom stereocenters. The first-order chi connectivity index (χ1) is 15.5. The summed E-state index contributed by atoms with van der Waals surface area (Å²) in [4.78, 5) is 22.6. The number of para-hydroxylation sites is 1. The van der Waals surface area contributed by atoms with Gasteiger partial charge in [-0.25, -0.2) is 0 Å². The molecule has 32 heavy (non-hydrogen) atoms. The molecule has 1 aromatic heterocycles. The van der Waals surface area contributed by atoms with E-state index >= 15 is 0 Å². The van der Waals surface area contributed by atoms with E-state index in [0.717, 1.165) is 22.0 Å². The van der Waals surface area contributed by atoms with Crippen LogP contribution in [0.1, 0.15) is 31.0 Å². The van der Waals surface area contributed by atoms with Crippen LogP contribution in [0.3, 0.4) is 0 Å². The number of hydroxylamine groups is 2. The lowest BCUT2D eigenvalue weighted by Gasteiger charge is -2.29. The fourth-order valence-corrected chi connectivity index (χ4v) is 4.59. The van der Waals surface area contributed by atoms with Gasteiger partial charge in [-0.2, -0.15) is 5.06 Å². The minimum atomic E-state index is -0.818. The van der Waals surface area contributed by atoms with Gasteiger partial charge in [0.15, 0.2) is 0 Å². The largest absolute Gasteiger partial charge is 0.396 e. The lowest BCUT2D eigenvalue weighted by atomic mass is 9.91. The number of H-pyrrole nitrogens is 1. The third-order valence-electron chi connectivity index (χ3n) is 6.33. The zero-order valence-corrected chi connectivity index (χ0v) is 18.4. The number of aliphatic hydroxyl groups excluding tert-OH is 2. The predicted octanol–water partition coefficient (Wildman–Crippen LogP) is 2.56. The molecule has 2 aromatic carbocycles. The van der Waals surface area contributed by atoms with E-state index in [2.05, 4.69) is 16.4 Å². The molecular formula is C25H31N3O4. The highest BCUT2D eigenvalue weighted by Crippen LogP contribution is 2.36. The van der Waals surface area contributed by atoms with E-state index in [0.29, 0.717) is 13.0 Å². The smallest absolute Gasteiger partial charge is 0.240 e. The zero-order chi connectivity index (χ0) is 22.7. The molecule has 1 fully saturated rings. The molecule has 0 bridgehead atoms. The summed E-state index contributed by atoms with van der Waals surface area (Å²) in [5.41, 5.74) is 3.20. The van der Waals surface area contributed by atoms with Crippen molar-refractivity contribution < 1.29 is 19.8 Å². The first kappa shape index (κ1) is 22.5. The van der Waals surface area contributed by atoms with Gasteiger partial charge in [-0.15, -0.1) is 0 Å². The summed E-state index contributed by atoms with van der Waals surface area (Å²) in [6.45, 7) is 3.78. The van der Waals surface area contributed by atoms with Gasteiger partial charge >= 0.3 is 0 Å². The Bertz CT molecular complexity index is 1040. The number of hydrogen-bond acceptors (Lipinski definition) is 5. The Labute approximate surface area is 188 Å². The number of benzene rings is 2. The summed E-state index contributed by atoms with van der Waals surface area (Å²) in [6, 6.07) is 16.9. The summed E-state index contributed by atoms with van der Waals surface area (Å²) < 4.78 is 0. The lowest BCUT2D eigenvalue weighted by Crippen LogP contribution is -2.48. The third-order valence-corrected chi connectivity index (χ3v) is 6.33. The number of aromatic nitrogens is 1. The molecule has 0 radical (unpaired) electrons. The van der Waals surface area contributed by atoms with Crippen molar-refractivity contribution in [3.63, 3.8) is 0 Å². The lowest BCUT2D eigenvalue weighted by molar-refractivity contribution is -0.206. The maximum Gasteiger partial charge on any atom is 0.240 e. The maximum atomic E-state index is 13.3. The Morgan fingerprint density at radius 3 is 2.59 bits per heavy atom. The molecule has 7 heteroatoms. The number of fused-ring (bicyclic) bond motifs is 1. The predicted molar refractivity (Wildman–Crippen MR) is 123 cm³/mol. The standard InChI is InChI=1S/C25H31N3O4/c1-16(18-8-4-3-5-9-18)28-23(21(15-29)24(32-28)17(2)30)25(31)26-13-12-19-14-27-22-11-7-6-10-20(19)22/h3-11,14,16-17,21,23-24,27,29-30H,12-13,15H2,1-2H3,(H,26,31)/t16-,17-,21-,23-,24-/m1/s1. The van der Waals surface area contributed by atoms with Crippen LogP contribution in [0.15, 0.2) is 60.8 Å². The fourth-order valence-electron chi connectivity index (χ4n) is 4.59. The average molecular weight is 438 g/mol. The number of carbonyl (C=O) groups excluding carboxylic acids is 1. The van der Waals surface area contributed by atoms with Crippen LogP contribution in [0.5, 0.6) is 0 Å². The Balaban J connectivity index is 1.49. The van der Waals surface area contributed by atoms with Gasteiger partial charge < -0.3 is 20.5 Å². The molecule has 0 aliphatic carbocycles. The van der Waals surface area contributed by atoms with E-state index in [9.17, 15) is 15.0 Å². The monoisotopic (exact) mass is 437 g/mol. The molecule has 3 aromatic rings. The highest BCUT2D eigenvalue weighted by atomic mass is 16.7. The minimum Gasteiger partial charge on any atom is -0.396 e. The van der Waals surface area contributed by atoms with Crippen molar-refractivity contribution in [2.75, 3.05) is 13.2 Å². The topological polar surface area (TPSA) is 97.8 Å². The molecule has 4 N–H and O–H groups in total. The fraction of sp³-hybridized carbons (Fsp3) is 0.400. The van der Waals surface area contributed by atoms with Crippen LogP contribution in [0, 0.1) is 5.92 Å². The van der Waals surface area contributed by atoms with Crippen molar-refractivity contribution in [3.8, 4) is 0 Å². The van der Waals surface area contributed by atoms with Crippen molar-refractivity contribution in [3.05, 3.63) is 71.9 Å². The molecule has 1 aliphatic heterocycles. The average Bonchev–Trinajstić information content (AvgIpc) is 3.41. The van der Waals surface area contributed by atoms with Crippen molar-refractivity contribution in [1.29, 1.82) is 0 Å². The Hall–Kier alpha value is -2.71. The van der Waals surface area contributed by atoms with Gasteiger partial charge in [0, 0.05) is 29.6 Å². The molecule has 4 rings (SSSR count). The molecule has 1 saturated heterocycles. The molecule has 7 nitrogen and oxygen atoms in total. The van der Waals surface area contributed by atoms with E-state index in [4.69, 9.17) is 4.84 Å². The van der Waals surface area contributed by atoms with E-state index in [-0.39, 0.29) is 18.6 Å². The molecule has 0 unspecified atom stereocenters. The third kappa shape index (κ3) is 4.42. The molecule has 1 aliphatic rings. The second-order valence-corrected chi connectivity index (χ2v) is 8.45. The summed E-state index contributed by atoms with van der Waals surface area (Å²) in [7, 11) is 0. The summed E-state index contributed by atoms with van der Waals surface area (Å²) in [5.74, 6) is -0.746. The van der Waals surface area contributed by atoms with Crippen LogP contribution in [-0.4, -0.2) is 57.6 Å². The first-order valence-corrected chi connectivity index (χ1v) is 11.1. The van der Waals surface area contributed by atoms with Crippen LogP contribution in [0.4, 0.5) is 0 Å². The van der Waals surface area contributed by atoms with Crippen molar-refractivity contribution in [1.82, 2.24) is 15.4 Å². The summed E-state index contributed by atoms with van der Waals surface area (Å²) in [5, 5.41) is 26.1. The van der Waals surface area contributed by atoms with Crippen molar-refractivity contribution >= 4 is 16.8 Å². The van der Waals surface area contributed by atoms with Crippen LogP contribution >= 0.6 is 0 Å². The summed E-state index contributed by atoms with van der Waals surface area (Å²) >= 11 is 0. The van der Waals surface area contributed by atoms with Crippen LogP contribution < -0.4 is 5.32 Å². The quantitative estimate of drug-likeness (QED) is 0.434. The van der Waals surface area contributed by atoms with Crippen molar-refractivity contribution in [2.24, 2.45) is 5.92 Å². The maximum absolute atomic E-state index is 13.3. The first-order valence-electron chi connectivity index (χ1n) is 11.1. The Kier molecular flexibility index (Phi) is 6.91. The zero-order valence-electron chi connectivity index (χ0n) is 18.4. The highest BCUT2D eigenvalue weighted by molar-refractivity contribution is 5.84. The number of amides is 1. The minimum absolute atomic E-state index is 0.213. The van der Waals surface area contributed by atoms with Gasteiger partial charge in [0.25, 0.3) is 0 Å². The Morgan fingerprint density at radius 2 is 1.88 bits per heavy atom. The SMILES string of the molecule is C[C@H](c1ccccc1)N1O[C@H]([C@@H](C)O)[C@H](CO)[C@@H]1C(=O)NCCc1c[nH]c2ccccc12. The molecule has 1 amide bonds. The molecular weight excluding hydrogens is 406 g/mol. The van der Waals surface area contributed by atoms with Gasteiger partial charge in [0.1, 0.15) is 12.1 Å². The second kappa shape index (κ2) is 9.83. The number of nitrogens with one attached hydrogen (secondary N) is 2. The van der Waals surface area contributed by atoms with E-state index in [1.54, 1.807) is 12.0 Å². The molecule has 170 valence electrons. The molecule has 2 heterocycles. The van der Waals surface area contributed by atoms with E-state index in [1.165, 1.54) is 0 Å². The molecule has 0 spiro atoms. The number of rotatable bonds is 8. The van der Waals surface area contributed by atoms with Gasteiger partial charge in [0.2, 0.25) is 5.91 Å². The van der Waals surface area contributed by atoms with E-state index in [1.807, 2.05) is 61.7 Å². The normalized spacial score (nSPS) is 23.3. The van der Waals surface area contributed by atoms with Crippen LogP contribution in [0.25, 0.3) is 10.9 Å². The van der Waals surface area contributed by atoms with Crippen LogP contribution in [0.2, 0.25) is 0 Å². The number of aromatic amines is 1. The van der Waals surface area contributed by atoms with Gasteiger partial charge in [-0.05, 0) is 37.5 Å². The summed E-state index contributed by atoms with van der Waals surface area (Å²) in [6.07, 6.45) is 1.18.